The molecule has 23 heavy (non-hydrogen) atoms. The van der Waals surface area contributed by atoms with Crippen molar-refractivity contribution in [1.82, 2.24) is 15.5 Å². The molecule has 126 valence electrons. The van der Waals surface area contributed by atoms with Gasteiger partial charge >= 0.3 is 5.97 Å². The van der Waals surface area contributed by atoms with Gasteiger partial charge in [-0.2, -0.15) is 0 Å². The average molecular weight is 360 g/mol. The maximum Gasteiger partial charge on any atom is 0.326 e. The molecule has 0 saturated carbocycles. The van der Waals surface area contributed by atoms with Gasteiger partial charge in [0.15, 0.2) is 0 Å². The summed E-state index contributed by atoms with van der Waals surface area (Å²) in [7, 11) is 0. The van der Waals surface area contributed by atoms with Gasteiger partial charge in [-0.1, -0.05) is 11.8 Å². The van der Waals surface area contributed by atoms with Crippen molar-refractivity contribution >= 4 is 47.2 Å². The van der Waals surface area contributed by atoms with Crippen LogP contribution in [0.4, 0.5) is 0 Å². The molecule has 3 amide bonds. The minimum atomic E-state index is -1.16. The Morgan fingerprint density at radius 3 is 2.78 bits per heavy atom. The number of carbonyl (C=O) groups is 4. The maximum atomic E-state index is 12.8. The SMILES string of the molecule is NC1CC(=O)NC23SCCC(C(=O)O)N2C(=O)C(CS3)NC1=O. The van der Waals surface area contributed by atoms with E-state index >= 15 is 0 Å². The van der Waals surface area contributed by atoms with E-state index < -0.39 is 46.1 Å². The Kier molecular flexibility index (Phi) is 4.19. The van der Waals surface area contributed by atoms with Crippen molar-refractivity contribution < 1.29 is 24.3 Å². The van der Waals surface area contributed by atoms with E-state index in [0.29, 0.717) is 5.75 Å². The van der Waals surface area contributed by atoms with Crippen molar-refractivity contribution in [1.29, 1.82) is 0 Å². The van der Waals surface area contributed by atoms with Crippen LogP contribution in [-0.2, 0) is 19.2 Å². The molecule has 0 aromatic rings. The second-order valence-corrected chi connectivity index (χ2v) is 8.27. The Morgan fingerprint density at radius 1 is 1.35 bits per heavy atom. The molecule has 5 N–H and O–H groups in total. The third-order valence-electron chi connectivity index (χ3n) is 3.94. The highest BCUT2D eigenvalue weighted by Gasteiger charge is 2.56. The number of amides is 3. The molecule has 1 spiro atoms. The van der Waals surface area contributed by atoms with E-state index in [1.54, 1.807) is 0 Å². The lowest BCUT2D eigenvalue weighted by atomic mass is 10.1. The fourth-order valence-corrected chi connectivity index (χ4v) is 5.93. The zero-order valence-corrected chi connectivity index (χ0v) is 13.6. The normalized spacial score (nSPS) is 37.7. The highest BCUT2D eigenvalue weighted by atomic mass is 32.2. The van der Waals surface area contributed by atoms with E-state index in [1.807, 2.05) is 0 Å². The van der Waals surface area contributed by atoms with E-state index in [0.717, 1.165) is 0 Å². The van der Waals surface area contributed by atoms with Crippen LogP contribution in [0.25, 0.3) is 0 Å². The van der Waals surface area contributed by atoms with Crippen molar-refractivity contribution in [3.05, 3.63) is 0 Å². The number of nitrogens with two attached hydrogens (primary N) is 1. The van der Waals surface area contributed by atoms with Gasteiger partial charge in [-0.3, -0.25) is 19.3 Å². The highest BCUT2D eigenvalue weighted by molar-refractivity contribution is 8.18. The van der Waals surface area contributed by atoms with Crippen LogP contribution in [0, 0.1) is 0 Å². The zero-order valence-electron chi connectivity index (χ0n) is 12.0. The number of thioether (sulfide) groups is 2. The summed E-state index contributed by atoms with van der Waals surface area (Å²) in [4.78, 5) is 49.7. The summed E-state index contributed by atoms with van der Waals surface area (Å²) in [5.74, 6) is -1.98. The van der Waals surface area contributed by atoms with Gasteiger partial charge < -0.3 is 21.5 Å². The van der Waals surface area contributed by atoms with Crippen LogP contribution in [0.5, 0.6) is 0 Å². The fraction of sp³-hybridized carbons (Fsp3) is 0.667. The van der Waals surface area contributed by atoms with Gasteiger partial charge in [0.2, 0.25) is 22.0 Å². The van der Waals surface area contributed by atoms with Crippen LogP contribution in [-0.4, -0.2) is 67.7 Å². The summed E-state index contributed by atoms with van der Waals surface area (Å²) in [6, 6.07) is -2.92. The minimum Gasteiger partial charge on any atom is -0.480 e. The Morgan fingerprint density at radius 2 is 2.09 bits per heavy atom. The molecule has 4 aliphatic rings. The topological polar surface area (TPSA) is 142 Å². The third kappa shape index (κ3) is 2.76. The predicted molar refractivity (Wildman–Crippen MR) is 83.2 cm³/mol. The molecule has 4 unspecified atom stereocenters. The molecule has 9 nitrogen and oxygen atoms in total. The first-order valence-corrected chi connectivity index (χ1v) is 9.02. The van der Waals surface area contributed by atoms with Gasteiger partial charge in [-0.05, 0) is 6.42 Å². The number of hydrogen-bond donors (Lipinski definition) is 4. The number of carboxylic acid groups (broad SMARTS) is 1. The van der Waals surface area contributed by atoms with Crippen molar-refractivity contribution in [3.8, 4) is 0 Å². The number of rotatable bonds is 1. The van der Waals surface area contributed by atoms with Crippen molar-refractivity contribution in [2.24, 2.45) is 5.73 Å². The van der Waals surface area contributed by atoms with Gasteiger partial charge in [0.05, 0.1) is 12.5 Å². The van der Waals surface area contributed by atoms with Crippen LogP contribution in [0.2, 0.25) is 0 Å². The molecule has 4 atom stereocenters. The van der Waals surface area contributed by atoms with E-state index in [-0.39, 0.29) is 18.6 Å². The second-order valence-electron chi connectivity index (χ2n) is 5.51. The van der Waals surface area contributed by atoms with E-state index in [2.05, 4.69) is 10.6 Å². The van der Waals surface area contributed by atoms with Crippen LogP contribution in [0.3, 0.4) is 0 Å². The van der Waals surface area contributed by atoms with E-state index in [9.17, 15) is 24.3 Å². The van der Waals surface area contributed by atoms with Crippen LogP contribution in [0.1, 0.15) is 12.8 Å². The van der Waals surface area contributed by atoms with Crippen molar-refractivity contribution in [2.45, 2.75) is 35.3 Å². The monoisotopic (exact) mass is 360 g/mol. The van der Waals surface area contributed by atoms with E-state index in [4.69, 9.17) is 5.73 Å². The molecule has 0 aromatic carbocycles. The Hall–Kier alpha value is -1.46. The summed E-state index contributed by atoms with van der Waals surface area (Å²) in [5.41, 5.74) is 5.67. The minimum absolute atomic E-state index is 0.221. The quantitative estimate of drug-likeness (QED) is 0.425. The van der Waals surface area contributed by atoms with Gasteiger partial charge in [0, 0.05) is 11.5 Å². The molecule has 0 aromatic heterocycles. The highest BCUT2D eigenvalue weighted by Crippen LogP contribution is 2.47. The van der Waals surface area contributed by atoms with Crippen molar-refractivity contribution in [3.63, 3.8) is 0 Å². The molecule has 0 radical (unpaired) electrons. The van der Waals surface area contributed by atoms with E-state index in [1.165, 1.54) is 28.4 Å². The number of nitrogens with one attached hydrogen (secondary N) is 2. The number of fused-ring (bicyclic) bond motifs is 6. The molecule has 4 fully saturated rings. The largest absolute Gasteiger partial charge is 0.480 e. The van der Waals surface area contributed by atoms with Gasteiger partial charge in [-0.25, -0.2) is 4.79 Å². The smallest absolute Gasteiger partial charge is 0.326 e. The first-order chi connectivity index (χ1) is 10.8. The lowest BCUT2D eigenvalue weighted by Gasteiger charge is -2.53. The summed E-state index contributed by atoms with van der Waals surface area (Å²) in [5, 5.41) is 14.7. The summed E-state index contributed by atoms with van der Waals surface area (Å²) >= 11 is 2.57. The molecule has 4 rings (SSSR count). The van der Waals surface area contributed by atoms with Crippen LogP contribution < -0.4 is 16.4 Å². The number of carbonyl (C=O) groups excluding carboxylic acids is 3. The second kappa shape index (κ2) is 5.87. The maximum absolute atomic E-state index is 12.8. The molecular weight excluding hydrogens is 344 g/mol. The number of hydrogen-bond acceptors (Lipinski definition) is 7. The summed E-state index contributed by atoms with van der Waals surface area (Å²) < 4.78 is -1.16. The fourth-order valence-electron chi connectivity index (χ4n) is 2.83. The average Bonchev–Trinajstić information content (AvgIpc) is 2.48. The molecule has 0 aliphatic carbocycles. The molecule has 4 saturated heterocycles. The number of carboxylic acids is 1. The molecule has 4 aliphatic heterocycles. The lowest BCUT2D eigenvalue weighted by molar-refractivity contribution is -0.155. The first kappa shape index (κ1) is 16.4. The molecular formula is C12H16N4O5S2. The Labute approximate surface area is 140 Å². The van der Waals surface area contributed by atoms with Gasteiger partial charge in [0.1, 0.15) is 12.1 Å². The lowest BCUT2D eigenvalue weighted by Crippen LogP contribution is -2.73. The summed E-state index contributed by atoms with van der Waals surface area (Å²) in [6.07, 6.45) is 0.0608. The molecule has 11 heteroatoms. The Balaban J connectivity index is 2.02. The van der Waals surface area contributed by atoms with Crippen LogP contribution in [0.15, 0.2) is 0 Å². The molecule has 2 bridgehead atoms. The zero-order chi connectivity index (χ0) is 16.8. The first-order valence-electron chi connectivity index (χ1n) is 7.05. The van der Waals surface area contributed by atoms with Crippen LogP contribution >= 0.6 is 23.5 Å². The number of aliphatic carboxylic acids is 1. The number of nitrogens with zero attached hydrogens (tertiary/aromatic N) is 1. The van der Waals surface area contributed by atoms with Gasteiger partial charge in [0.25, 0.3) is 0 Å². The Bertz CT molecular complexity index is 588. The third-order valence-corrected chi connectivity index (χ3v) is 6.97. The van der Waals surface area contributed by atoms with Gasteiger partial charge in [-0.15, -0.1) is 11.8 Å². The predicted octanol–water partition coefficient (Wildman–Crippen LogP) is -1.90. The molecule has 4 heterocycles. The van der Waals surface area contributed by atoms with Crippen molar-refractivity contribution in [2.75, 3.05) is 11.5 Å². The standard InChI is InChI=1S/C12H16N4O5S2/c13-5-3-8(17)15-12-16(7(11(20)21)1-2-22-12)10(19)6(4-23-12)14-9(5)18/h5-7H,1-4,13H2,(H,14,18)(H,15,17)(H,20,21). The summed E-state index contributed by atoms with van der Waals surface area (Å²) in [6.45, 7) is 0.